The molecule has 0 spiro atoms. The Morgan fingerprint density at radius 2 is 1.71 bits per heavy atom. The number of rotatable bonds is 5. The van der Waals surface area contributed by atoms with Gasteiger partial charge in [-0.15, -0.1) is 0 Å². The van der Waals surface area contributed by atoms with Crippen LogP contribution in [0.25, 0.3) is 0 Å². The third-order valence-corrected chi connectivity index (χ3v) is 3.16. The van der Waals surface area contributed by atoms with E-state index in [0.29, 0.717) is 18.7 Å². The van der Waals surface area contributed by atoms with Crippen LogP contribution < -0.4 is 10.5 Å². The molecule has 2 aromatic carbocycles. The van der Waals surface area contributed by atoms with Crippen LogP contribution >= 0.6 is 0 Å². The zero-order chi connectivity index (χ0) is 15.2. The number of nitrogens with zero attached hydrogens (tertiary/aromatic N) is 1. The number of carbonyl (C=O) groups is 1. The zero-order valence-corrected chi connectivity index (χ0v) is 12.4. The van der Waals surface area contributed by atoms with Crippen LogP contribution in [0, 0.1) is 0 Å². The van der Waals surface area contributed by atoms with E-state index in [1.54, 1.807) is 24.1 Å². The Morgan fingerprint density at radius 1 is 1.10 bits per heavy atom. The van der Waals surface area contributed by atoms with Crippen molar-refractivity contribution in [3.8, 4) is 5.75 Å². The Bertz CT molecular complexity index is 591. The highest BCUT2D eigenvalue weighted by Crippen LogP contribution is 2.15. The van der Waals surface area contributed by atoms with Gasteiger partial charge in [-0.1, -0.05) is 12.1 Å². The molecule has 0 aromatic heterocycles. The van der Waals surface area contributed by atoms with Crippen LogP contribution in [0.3, 0.4) is 0 Å². The van der Waals surface area contributed by atoms with Crippen LogP contribution in [0.15, 0.2) is 48.5 Å². The quantitative estimate of drug-likeness (QED) is 0.859. The molecule has 2 aromatic rings. The predicted molar refractivity (Wildman–Crippen MR) is 84.3 cm³/mol. The second kappa shape index (κ2) is 6.79. The SMILES string of the molecule is CCOc1ccc(C(=O)N(C)Cc2ccc(N)cc2)cc1. The van der Waals surface area contributed by atoms with E-state index < -0.39 is 0 Å². The maximum absolute atomic E-state index is 12.3. The lowest BCUT2D eigenvalue weighted by atomic mass is 10.1. The first-order valence-electron chi connectivity index (χ1n) is 6.93. The first-order chi connectivity index (χ1) is 10.1. The Hall–Kier alpha value is -2.49. The summed E-state index contributed by atoms with van der Waals surface area (Å²) in [6.45, 7) is 3.09. The average molecular weight is 284 g/mol. The lowest BCUT2D eigenvalue weighted by Crippen LogP contribution is -2.26. The first kappa shape index (κ1) is 14.9. The molecule has 2 rings (SSSR count). The molecular formula is C17H20N2O2. The summed E-state index contributed by atoms with van der Waals surface area (Å²) >= 11 is 0. The molecule has 0 saturated carbocycles. The number of amides is 1. The van der Waals surface area contributed by atoms with Crippen molar-refractivity contribution in [3.63, 3.8) is 0 Å². The van der Waals surface area contributed by atoms with Gasteiger partial charge in [0.15, 0.2) is 0 Å². The molecule has 0 aliphatic carbocycles. The van der Waals surface area contributed by atoms with E-state index in [1.807, 2.05) is 43.3 Å². The number of nitrogens with two attached hydrogens (primary N) is 1. The van der Waals surface area contributed by atoms with Crippen molar-refractivity contribution in [2.24, 2.45) is 0 Å². The number of carbonyl (C=O) groups excluding carboxylic acids is 1. The summed E-state index contributed by atoms with van der Waals surface area (Å²) in [6, 6.07) is 14.7. The molecule has 0 bridgehead atoms. The summed E-state index contributed by atoms with van der Waals surface area (Å²) in [7, 11) is 1.79. The topological polar surface area (TPSA) is 55.6 Å². The highest BCUT2D eigenvalue weighted by molar-refractivity contribution is 5.94. The van der Waals surface area contributed by atoms with Gasteiger partial charge in [0.1, 0.15) is 5.75 Å². The molecule has 4 nitrogen and oxygen atoms in total. The first-order valence-corrected chi connectivity index (χ1v) is 6.93. The van der Waals surface area contributed by atoms with Crippen molar-refractivity contribution < 1.29 is 9.53 Å². The van der Waals surface area contributed by atoms with Gasteiger partial charge in [-0.05, 0) is 48.9 Å². The van der Waals surface area contributed by atoms with Crippen molar-refractivity contribution in [2.75, 3.05) is 19.4 Å². The molecule has 2 N–H and O–H groups in total. The van der Waals surface area contributed by atoms with E-state index in [9.17, 15) is 4.79 Å². The van der Waals surface area contributed by atoms with E-state index >= 15 is 0 Å². The fourth-order valence-electron chi connectivity index (χ4n) is 2.05. The minimum Gasteiger partial charge on any atom is -0.494 e. The van der Waals surface area contributed by atoms with Gasteiger partial charge in [-0.2, -0.15) is 0 Å². The van der Waals surface area contributed by atoms with Crippen molar-refractivity contribution in [2.45, 2.75) is 13.5 Å². The molecular weight excluding hydrogens is 264 g/mol. The maximum Gasteiger partial charge on any atom is 0.253 e. The highest BCUT2D eigenvalue weighted by atomic mass is 16.5. The van der Waals surface area contributed by atoms with Crippen LogP contribution in [0.2, 0.25) is 0 Å². The molecule has 4 heteroatoms. The summed E-state index contributed by atoms with van der Waals surface area (Å²) in [5, 5.41) is 0. The lowest BCUT2D eigenvalue weighted by Gasteiger charge is -2.17. The fourth-order valence-corrected chi connectivity index (χ4v) is 2.05. The Labute approximate surface area is 125 Å². The number of benzene rings is 2. The zero-order valence-electron chi connectivity index (χ0n) is 12.4. The van der Waals surface area contributed by atoms with E-state index in [-0.39, 0.29) is 5.91 Å². The Balaban J connectivity index is 2.02. The summed E-state index contributed by atoms with van der Waals surface area (Å²) in [5.74, 6) is 0.755. The smallest absolute Gasteiger partial charge is 0.253 e. The molecule has 0 aliphatic rings. The molecule has 1 amide bonds. The van der Waals surface area contributed by atoms with Gasteiger partial charge in [-0.3, -0.25) is 4.79 Å². The second-order valence-corrected chi connectivity index (χ2v) is 4.86. The Morgan fingerprint density at radius 3 is 2.29 bits per heavy atom. The van der Waals surface area contributed by atoms with E-state index in [1.165, 1.54) is 0 Å². The molecule has 0 unspecified atom stereocenters. The van der Waals surface area contributed by atoms with Crippen LogP contribution in [-0.2, 0) is 6.54 Å². The van der Waals surface area contributed by atoms with Gasteiger partial charge in [0.25, 0.3) is 5.91 Å². The van der Waals surface area contributed by atoms with Crippen LogP contribution in [0.1, 0.15) is 22.8 Å². The third-order valence-electron chi connectivity index (χ3n) is 3.16. The fraction of sp³-hybridized carbons (Fsp3) is 0.235. The van der Waals surface area contributed by atoms with Gasteiger partial charge < -0.3 is 15.4 Å². The third kappa shape index (κ3) is 3.99. The van der Waals surface area contributed by atoms with E-state index in [0.717, 1.165) is 17.0 Å². The Kier molecular flexibility index (Phi) is 4.82. The molecule has 0 fully saturated rings. The number of anilines is 1. The minimum absolute atomic E-state index is 0.0186. The van der Waals surface area contributed by atoms with Crippen molar-refractivity contribution in [1.29, 1.82) is 0 Å². The van der Waals surface area contributed by atoms with Gasteiger partial charge in [0.05, 0.1) is 6.61 Å². The highest BCUT2D eigenvalue weighted by Gasteiger charge is 2.12. The largest absolute Gasteiger partial charge is 0.494 e. The van der Waals surface area contributed by atoms with Crippen LogP contribution in [0.4, 0.5) is 5.69 Å². The van der Waals surface area contributed by atoms with Crippen molar-refractivity contribution >= 4 is 11.6 Å². The predicted octanol–water partition coefficient (Wildman–Crippen LogP) is 2.94. The van der Waals surface area contributed by atoms with Gasteiger partial charge in [-0.25, -0.2) is 0 Å². The molecule has 0 heterocycles. The lowest BCUT2D eigenvalue weighted by molar-refractivity contribution is 0.0785. The number of hydrogen-bond donors (Lipinski definition) is 1. The number of ether oxygens (including phenoxy) is 1. The normalized spacial score (nSPS) is 10.2. The summed E-state index contributed by atoms with van der Waals surface area (Å²) < 4.78 is 5.37. The van der Waals surface area contributed by atoms with Crippen molar-refractivity contribution in [1.82, 2.24) is 4.90 Å². The monoisotopic (exact) mass is 284 g/mol. The van der Waals surface area contributed by atoms with Crippen LogP contribution in [0.5, 0.6) is 5.75 Å². The van der Waals surface area contributed by atoms with Gasteiger partial charge in [0.2, 0.25) is 0 Å². The minimum atomic E-state index is -0.0186. The van der Waals surface area contributed by atoms with Crippen LogP contribution in [-0.4, -0.2) is 24.5 Å². The average Bonchev–Trinajstić information content (AvgIpc) is 2.50. The summed E-state index contributed by atoms with van der Waals surface area (Å²) in [4.78, 5) is 14.0. The molecule has 0 radical (unpaired) electrons. The molecule has 0 atom stereocenters. The number of nitrogen functional groups attached to an aromatic ring is 1. The standard InChI is InChI=1S/C17H20N2O2/c1-3-21-16-10-6-14(7-11-16)17(20)19(2)12-13-4-8-15(18)9-5-13/h4-11H,3,12,18H2,1-2H3. The molecule has 110 valence electrons. The molecule has 0 saturated heterocycles. The van der Waals surface area contributed by atoms with Gasteiger partial charge in [0, 0.05) is 24.8 Å². The second-order valence-electron chi connectivity index (χ2n) is 4.86. The van der Waals surface area contributed by atoms with E-state index in [2.05, 4.69) is 0 Å². The van der Waals surface area contributed by atoms with Crippen molar-refractivity contribution in [3.05, 3.63) is 59.7 Å². The molecule has 21 heavy (non-hydrogen) atoms. The molecule has 0 aliphatic heterocycles. The maximum atomic E-state index is 12.3. The summed E-state index contributed by atoms with van der Waals surface area (Å²) in [6.07, 6.45) is 0. The van der Waals surface area contributed by atoms with Gasteiger partial charge >= 0.3 is 0 Å². The number of hydrogen-bond acceptors (Lipinski definition) is 3. The summed E-state index contributed by atoms with van der Waals surface area (Å²) in [5.41, 5.74) is 8.07. The van der Waals surface area contributed by atoms with E-state index in [4.69, 9.17) is 10.5 Å².